The second-order valence-corrected chi connectivity index (χ2v) is 5.51. The molecule has 108 valence electrons. The van der Waals surface area contributed by atoms with Gasteiger partial charge in [-0.25, -0.2) is 0 Å². The number of aromatic hydroxyl groups is 1. The van der Waals surface area contributed by atoms with Gasteiger partial charge in [0.05, 0.1) is 0 Å². The monoisotopic (exact) mass is 281 g/mol. The number of nitrogens with zero attached hydrogens (tertiary/aromatic N) is 1. The summed E-state index contributed by atoms with van der Waals surface area (Å²) >= 11 is 0. The number of Topliss-reactive ketones (excluding diaryl/α,β-unsaturated/α-hetero) is 1. The number of carbonyl (C=O) groups is 1. The number of benzene rings is 2. The first kappa shape index (κ1) is 13.8. The van der Waals surface area contributed by atoms with Crippen LogP contribution in [0.4, 0.5) is 0 Å². The molecule has 3 nitrogen and oxygen atoms in total. The lowest BCUT2D eigenvalue weighted by Crippen LogP contribution is -2.32. The van der Waals surface area contributed by atoms with Gasteiger partial charge in [0, 0.05) is 31.6 Å². The third kappa shape index (κ3) is 3.31. The van der Waals surface area contributed by atoms with E-state index in [-0.39, 0.29) is 11.5 Å². The van der Waals surface area contributed by atoms with Gasteiger partial charge in [-0.2, -0.15) is 0 Å². The molecule has 0 radical (unpaired) electrons. The average molecular weight is 281 g/mol. The predicted molar refractivity (Wildman–Crippen MR) is 82.5 cm³/mol. The molecular weight excluding hydrogens is 262 g/mol. The highest BCUT2D eigenvalue weighted by molar-refractivity contribution is 5.96. The smallest absolute Gasteiger partial charge is 0.164 e. The van der Waals surface area contributed by atoms with E-state index in [9.17, 15) is 9.90 Å². The molecule has 1 aliphatic heterocycles. The quantitative estimate of drug-likeness (QED) is 0.876. The molecule has 0 aliphatic carbocycles. The highest BCUT2D eigenvalue weighted by Crippen LogP contribution is 2.19. The van der Waals surface area contributed by atoms with Gasteiger partial charge in [0.2, 0.25) is 0 Å². The fourth-order valence-electron chi connectivity index (χ4n) is 2.80. The second-order valence-electron chi connectivity index (χ2n) is 5.51. The summed E-state index contributed by atoms with van der Waals surface area (Å²) in [7, 11) is 0. The van der Waals surface area contributed by atoms with Crippen LogP contribution >= 0.6 is 0 Å². The zero-order valence-electron chi connectivity index (χ0n) is 12.0. The molecule has 0 unspecified atom stereocenters. The number of ketones is 1. The molecule has 0 amide bonds. The van der Waals surface area contributed by atoms with Crippen LogP contribution in [0.15, 0.2) is 48.5 Å². The molecule has 3 rings (SSSR count). The number of phenolic OH excluding ortho intramolecular Hbond substituents is 1. The van der Waals surface area contributed by atoms with E-state index in [4.69, 9.17) is 0 Å². The summed E-state index contributed by atoms with van der Waals surface area (Å²) in [5.41, 5.74) is 3.48. The van der Waals surface area contributed by atoms with Crippen LogP contribution in [0.2, 0.25) is 0 Å². The van der Waals surface area contributed by atoms with Crippen LogP contribution < -0.4 is 0 Å². The van der Waals surface area contributed by atoms with Crippen molar-refractivity contribution in [2.75, 3.05) is 13.1 Å². The molecule has 2 aromatic carbocycles. The zero-order valence-corrected chi connectivity index (χ0v) is 12.0. The maximum Gasteiger partial charge on any atom is 0.164 e. The van der Waals surface area contributed by atoms with Crippen molar-refractivity contribution >= 4 is 5.78 Å². The summed E-state index contributed by atoms with van der Waals surface area (Å²) < 4.78 is 0. The zero-order chi connectivity index (χ0) is 14.7. The number of fused-ring (bicyclic) bond motifs is 1. The van der Waals surface area contributed by atoms with Crippen LogP contribution in [0.5, 0.6) is 5.75 Å². The maximum atomic E-state index is 12.1. The van der Waals surface area contributed by atoms with Gasteiger partial charge >= 0.3 is 0 Å². The predicted octanol–water partition coefficient (Wildman–Crippen LogP) is 3.02. The van der Waals surface area contributed by atoms with Crippen LogP contribution in [0.3, 0.4) is 0 Å². The van der Waals surface area contributed by atoms with E-state index in [2.05, 4.69) is 29.2 Å². The van der Waals surface area contributed by atoms with Crippen LogP contribution in [0.25, 0.3) is 0 Å². The minimum Gasteiger partial charge on any atom is -0.508 e. The van der Waals surface area contributed by atoms with Gasteiger partial charge in [0.1, 0.15) is 5.75 Å². The normalized spacial score (nSPS) is 14.7. The Kier molecular flexibility index (Phi) is 4.02. The van der Waals surface area contributed by atoms with Crippen molar-refractivity contribution in [2.45, 2.75) is 19.4 Å². The molecule has 0 saturated carbocycles. The van der Waals surface area contributed by atoms with Crippen molar-refractivity contribution < 1.29 is 9.90 Å². The van der Waals surface area contributed by atoms with E-state index in [0.29, 0.717) is 12.0 Å². The lowest BCUT2D eigenvalue weighted by Gasteiger charge is -2.28. The highest BCUT2D eigenvalue weighted by atomic mass is 16.3. The Balaban J connectivity index is 1.56. The SMILES string of the molecule is O=C(CCN1CCc2ccccc2C1)c1ccc(O)cc1. The van der Waals surface area contributed by atoms with Gasteiger partial charge < -0.3 is 5.11 Å². The third-order valence-electron chi connectivity index (χ3n) is 4.05. The van der Waals surface area contributed by atoms with Crippen molar-refractivity contribution in [1.29, 1.82) is 0 Å². The standard InChI is InChI=1S/C18H19NO2/c20-17-7-5-15(6-8-17)18(21)10-12-19-11-9-14-3-1-2-4-16(14)13-19/h1-8,20H,9-13H2. The lowest BCUT2D eigenvalue weighted by atomic mass is 9.99. The molecule has 0 atom stereocenters. The van der Waals surface area contributed by atoms with E-state index in [1.54, 1.807) is 24.3 Å². The van der Waals surface area contributed by atoms with Gasteiger partial charge in [-0.05, 0) is 41.8 Å². The molecule has 0 spiro atoms. The molecule has 0 bridgehead atoms. The Morgan fingerprint density at radius 3 is 2.52 bits per heavy atom. The minimum absolute atomic E-state index is 0.133. The first-order valence-corrected chi connectivity index (χ1v) is 7.34. The molecule has 3 heteroatoms. The summed E-state index contributed by atoms with van der Waals surface area (Å²) in [6.07, 6.45) is 1.58. The fraction of sp³-hybridized carbons (Fsp3) is 0.278. The molecule has 21 heavy (non-hydrogen) atoms. The molecule has 2 aromatic rings. The summed E-state index contributed by atoms with van der Waals surface area (Å²) in [5.74, 6) is 0.327. The first-order chi connectivity index (χ1) is 10.2. The molecule has 1 aliphatic rings. The number of hydrogen-bond donors (Lipinski definition) is 1. The number of carbonyl (C=O) groups excluding carboxylic acids is 1. The van der Waals surface area contributed by atoms with Crippen molar-refractivity contribution in [3.63, 3.8) is 0 Å². The maximum absolute atomic E-state index is 12.1. The van der Waals surface area contributed by atoms with E-state index < -0.39 is 0 Å². The Labute approximate surface area is 124 Å². The number of phenols is 1. The molecule has 1 heterocycles. The summed E-state index contributed by atoms with van der Waals surface area (Å²) in [6.45, 7) is 2.73. The van der Waals surface area contributed by atoms with Gasteiger partial charge in [-0.3, -0.25) is 9.69 Å². The third-order valence-corrected chi connectivity index (χ3v) is 4.05. The van der Waals surface area contributed by atoms with Gasteiger partial charge in [-0.15, -0.1) is 0 Å². The van der Waals surface area contributed by atoms with E-state index in [1.807, 2.05) is 0 Å². The molecule has 0 aromatic heterocycles. The van der Waals surface area contributed by atoms with Crippen molar-refractivity contribution in [1.82, 2.24) is 4.90 Å². The topological polar surface area (TPSA) is 40.5 Å². The lowest BCUT2D eigenvalue weighted by molar-refractivity contribution is 0.0960. The summed E-state index contributed by atoms with van der Waals surface area (Å²) in [5, 5.41) is 9.25. The Morgan fingerprint density at radius 2 is 1.76 bits per heavy atom. The van der Waals surface area contributed by atoms with Gasteiger partial charge in [0.25, 0.3) is 0 Å². The van der Waals surface area contributed by atoms with Crippen LogP contribution in [-0.4, -0.2) is 28.9 Å². The number of rotatable bonds is 4. The van der Waals surface area contributed by atoms with Crippen molar-refractivity contribution in [3.05, 3.63) is 65.2 Å². The Morgan fingerprint density at radius 1 is 1.05 bits per heavy atom. The van der Waals surface area contributed by atoms with Crippen molar-refractivity contribution in [3.8, 4) is 5.75 Å². The largest absolute Gasteiger partial charge is 0.508 e. The molecule has 1 N–H and O–H groups in total. The molecule has 0 saturated heterocycles. The Bertz CT molecular complexity index is 634. The number of hydrogen-bond acceptors (Lipinski definition) is 3. The van der Waals surface area contributed by atoms with Crippen LogP contribution in [-0.2, 0) is 13.0 Å². The second kappa shape index (κ2) is 6.10. The molecular formula is C18H19NO2. The Hall–Kier alpha value is -2.13. The van der Waals surface area contributed by atoms with E-state index >= 15 is 0 Å². The minimum atomic E-state index is 0.133. The van der Waals surface area contributed by atoms with Gasteiger partial charge in [-0.1, -0.05) is 24.3 Å². The van der Waals surface area contributed by atoms with E-state index in [0.717, 1.165) is 26.1 Å². The van der Waals surface area contributed by atoms with Crippen LogP contribution in [0, 0.1) is 0 Å². The highest BCUT2D eigenvalue weighted by Gasteiger charge is 2.16. The van der Waals surface area contributed by atoms with Crippen LogP contribution in [0.1, 0.15) is 27.9 Å². The van der Waals surface area contributed by atoms with Gasteiger partial charge in [0.15, 0.2) is 5.78 Å². The van der Waals surface area contributed by atoms with Crippen molar-refractivity contribution in [2.24, 2.45) is 0 Å². The average Bonchev–Trinajstić information content (AvgIpc) is 2.53. The summed E-state index contributed by atoms with van der Waals surface area (Å²) in [4.78, 5) is 14.5. The fourth-order valence-corrected chi connectivity index (χ4v) is 2.80. The van der Waals surface area contributed by atoms with E-state index in [1.165, 1.54) is 11.1 Å². The molecule has 0 fully saturated rings. The summed E-state index contributed by atoms with van der Waals surface area (Å²) in [6, 6.07) is 15.0. The first-order valence-electron chi connectivity index (χ1n) is 7.34.